The quantitative estimate of drug-likeness (QED) is 0.840. The summed E-state index contributed by atoms with van der Waals surface area (Å²) in [5, 5.41) is 11.4. The fourth-order valence-electron chi connectivity index (χ4n) is 1.65. The van der Waals surface area contributed by atoms with Gasteiger partial charge < -0.3 is 14.8 Å². The molecule has 0 unspecified atom stereocenters. The fourth-order valence-corrected chi connectivity index (χ4v) is 1.65. The molecule has 17 heavy (non-hydrogen) atoms. The molecule has 0 spiro atoms. The number of amides is 1. The van der Waals surface area contributed by atoms with Crippen molar-refractivity contribution in [3.63, 3.8) is 0 Å². The number of aryl methyl sites for hydroxylation is 2. The van der Waals surface area contributed by atoms with Crippen molar-refractivity contribution in [2.45, 2.75) is 39.7 Å². The molecule has 0 aliphatic rings. The lowest BCUT2D eigenvalue weighted by atomic mass is 10.00. The first kappa shape index (κ1) is 13.3. The van der Waals surface area contributed by atoms with Crippen LogP contribution in [0.1, 0.15) is 42.1 Å². The third-order valence-electron chi connectivity index (χ3n) is 2.33. The van der Waals surface area contributed by atoms with Crippen molar-refractivity contribution in [1.29, 1.82) is 0 Å². The van der Waals surface area contributed by atoms with Crippen LogP contribution < -0.4 is 5.32 Å². The van der Waals surface area contributed by atoms with Crippen molar-refractivity contribution in [1.82, 2.24) is 5.32 Å². The molecule has 0 aromatic carbocycles. The van der Waals surface area contributed by atoms with Crippen molar-refractivity contribution >= 4 is 11.9 Å². The standard InChI is InChI=1S/C12H17NO4/c1-7-5-9(8(2)17-7)11(16)13-12(3,4)6-10(14)15/h5H,6H2,1-4H3,(H,13,16)(H,14,15). The van der Waals surface area contributed by atoms with Crippen molar-refractivity contribution in [2.75, 3.05) is 0 Å². The third kappa shape index (κ3) is 3.62. The smallest absolute Gasteiger partial charge is 0.305 e. The van der Waals surface area contributed by atoms with E-state index in [1.807, 2.05) is 0 Å². The molecule has 1 rings (SSSR count). The zero-order valence-electron chi connectivity index (χ0n) is 10.5. The first-order valence-electron chi connectivity index (χ1n) is 5.32. The molecule has 0 atom stereocenters. The molecule has 5 nitrogen and oxygen atoms in total. The topological polar surface area (TPSA) is 79.5 Å². The Morgan fingerprint density at radius 2 is 2.00 bits per heavy atom. The minimum absolute atomic E-state index is 0.130. The molecule has 0 radical (unpaired) electrons. The van der Waals surface area contributed by atoms with Crippen LogP contribution in [0.25, 0.3) is 0 Å². The van der Waals surface area contributed by atoms with E-state index in [2.05, 4.69) is 5.32 Å². The van der Waals surface area contributed by atoms with Gasteiger partial charge in [-0.2, -0.15) is 0 Å². The predicted octanol–water partition coefficient (Wildman–Crippen LogP) is 1.88. The number of carboxylic acids is 1. The van der Waals surface area contributed by atoms with Crippen LogP contribution in [-0.2, 0) is 4.79 Å². The Hall–Kier alpha value is -1.78. The van der Waals surface area contributed by atoms with Gasteiger partial charge in [-0.3, -0.25) is 9.59 Å². The number of aliphatic carboxylic acids is 1. The second-order valence-electron chi connectivity index (χ2n) is 4.74. The lowest BCUT2D eigenvalue weighted by molar-refractivity contribution is -0.138. The van der Waals surface area contributed by atoms with E-state index in [9.17, 15) is 9.59 Å². The summed E-state index contributed by atoms with van der Waals surface area (Å²) in [6.07, 6.45) is -0.130. The summed E-state index contributed by atoms with van der Waals surface area (Å²) in [4.78, 5) is 22.5. The molecule has 0 aliphatic carbocycles. The molecular weight excluding hydrogens is 222 g/mol. The SMILES string of the molecule is Cc1cc(C(=O)NC(C)(C)CC(=O)O)c(C)o1. The van der Waals surface area contributed by atoms with Crippen LogP contribution in [0, 0.1) is 13.8 Å². The van der Waals surface area contributed by atoms with Gasteiger partial charge in [-0.15, -0.1) is 0 Å². The molecule has 1 heterocycles. The molecule has 0 saturated carbocycles. The summed E-state index contributed by atoms with van der Waals surface area (Å²) in [6.45, 7) is 6.79. The highest BCUT2D eigenvalue weighted by Gasteiger charge is 2.25. The van der Waals surface area contributed by atoms with Gasteiger partial charge in [0.05, 0.1) is 12.0 Å². The van der Waals surface area contributed by atoms with Crippen molar-refractivity contribution in [3.05, 3.63) is 23.2 Å². The number of carboxylic acid groups (broad SMARTS) is 1. The highest BCUT2D eigenvalue weighted by atomic mass is 16.4. The van der Waals surface area contributed by atoms with Gasteiger partial charge in [-0.1, -0.05) is 0 Å². The average Bonchev–Trinajstić information content (AvgIpc) is 2.41. The zero-order valence-corrected chi connectivity index (χ0v) is 10.5. The van der Waals surface area contributed by atoms with Crippen LogP contribution in [0.3, 0.4) is 0 Å². The normalized spacial score (nSPS) is 11.3. The van der Waals surface area contributed by atoms with Crippen LogP contribution in [0.4, 0.5) is 0 Å². The third-order valence-corrected chi connectivity index (χ3v) is 2.33. The van der Waals surface area contributed by atoms with Gasteiger partial charge >= 0.3 is 5.97 Å². The minimum atomic E-state index is -0.949. The maximum Gasteiger partial charge on any atom is 0.305 e. The number of hydrogen-bond acceptors (Lipinski definition) is 3. The minimum Gasteiger partial charge on any atom is -0.481 e. The lowest BCUT2D eigenvalue weighted by Gasteiger charge is -2.23. The van der Waals surface area contributed by atoms with E-state index in [1.54, 1.807) is 33.8 Å². The molecule has 1 amide bonds. The van der Waals surface area contributed by atoms with E-state index in [4.69, 9.17) is 9.52 Å². The number of furan rings is 1. The van der Waals surface area contributed by atoms with Crippen molar-refractivity contribution in [3.8, 4) is 0 Å². The summed E-state index contributed by atoms with van der Waals surface area (Å²) >= 11 is 0. The van der Waals surface area contributed by atoms with E-state index >= 15 is 0 Å². The van der Waals surface area contributed by atoms with Gasteiger partial charge in [0, 0.05) is 5.54 Å². The highest BCUT2D eigenvalue weighted by Crippen LogP contribution is 2.16. The van der Waals surface area contributed by atoms with Crippen LogP contribution in [0.2, 0.25) is 0 Å². The molecule has 1 aromatic rings. The van der Waals surface area contributed by atoms with Gasteiger partial charge in [-0.25, -0.2) is 0 Å². The monoisotopic (exact) mass is 239 g/mol. The molecule has 5 heteroatoms. The highest BCUT2D eigenvalue weighted by molar-refractivity contribution is 5.96. The summed E-state index contributed by atoms with van der Waals surface area (Å²) in [5.41, 5.74) is -0.346. The Labute approximate surface area is 99.8 Å². The Bertz CT molecular complexity index is 445. The number of hydrogen-bond donors (Lipinski definition) is 2. The second-order valence-corrected chi connectivity index (χ2v) is 4.74. The zero-order chi connectivity index (χ0) is 13.2. The number of carbonyl (C=O) groups is 2. The molecule has 0 fully saturated rings. The molecule has 94 valence electrons. The van der Waals surface area contributed by atoms with Gasteiger partial charge in [-0.05, 0) is 33.8 Å². The van der Waals surface area contributed by atoms with E-state index < -0.39 is 11.5 Å². The Morgan fingerprint density at radius 1 is 1.41 bits per heavy atom. The summed E-state index contributed by atoms with van der Waals surface area (Å²) in [6, 6.07) is 1.64. The number of nitrogens with one attached hydrogen (secondary N) is 1. The van der Waals surface area contributed by atoms with Crippen LogP contribution in [-0.4, -0.2) is 22.5 Å². The van der Waals surface area contributed by atoms with E-state index in [0.29, 0.717) is 17.1 Å². The van der Waals surface area contributed by atoms with Crippen molar-refractivity contribution < 1.29 is 19.1 Å². The maximum atomic E-state index is 11.9. The number of carbonyl (C=O) groups excluding carboxylic acids is 1. The largest absolute Gasteiger partial charge is 0.481 e. The molecular formula is C12H17NO4. The summed E-state index contributed by atoms with van der Waals surface area (Å²) in [5.74, 6) is -0.0733. The first-order chi connectivity index (χ1) is 7.71. The second kappa shape index (κ2) is 4.61. The van der Waals surface area contributed by atoms with E-state index in [1.165, 1.54) is 0 Å². The van der Waals surface area contributed by atoms with Crippen LogP contribution >= 0.6 is 0 Å². The first-order valence-corrected chi connectivity index (χ1v) is 5.32. The van der Waals surface area contributed by atoms with Gasteiger partial charge in [0.25, 0.3) is 5.91 Å². The van der Waals surface area contributed by atoms with Gasteiger partial charge in [0.15, 0.2) is 0 Å². The Balaban J connectivity index is 2.79. The maximum absolute atomic E-state index is 11.9. The average molecular weight is 239 g/mol. The van der Waals surface area contributed by atoms with Gasteiger partial charge in [0.2, 0.25) is 0 Å². The predicted molar refractivity (Wildman–Crippen MR) is 62.0 cm³/mol. The summed E-state index contributed by atoms with van der Waals surface area (Å²) in [7, 11) is 0. The molecule has 0 saturated heterocycles. The van der Waals surface area contributed by atoms with Crippen LogP contribution in [0.15, 0.2) is 10.5 Å². The fraction of sp³-hybridized carbons (Fsp3) is 0.500. The van der Waals surface area contributed by atoms with Crippen LogP contribution in [0.5, 0.6) is 0 Å². The van der Waals surface area contributed by atoms with E-state index in [0.717, 1.165) is 0 Å². The molecule has 1 aromatic heterocycles. The lowest BCUT2D eigenvalue weighted by Crippen LogP contribution is -2.45. The Kier molecular flexibility index (Phi) is 3.60. The van der Waals surface area contributed by atoms with Gasteiger partial charge in [0.1, 0.15) is 11.5 Å². The molecule has 0 aliphatic heterocycles. The Morgan fingerprint density at radius 3 is 2.41 bits per heavy atom. The number of rotatable bonds is 4. The van der Waals surface area contributed by atoms with Crippen molar-refractivity contribution in [2.24, 2.45) is 0 Å². The summed E-state index contributed by atoms with van der Waals surface area (Å²) < 4.78 is 5.25. The molecule has 0 bridgehead atoms. The molecule has 2 N–H and O–H groups in total. The van der Waals surface area contributed by atoms with E-state index in [-0.39, 0.29) is 12.3 Å².